The number of hydrogen-bond donors (Lipinski definition) is 2. The zero-order valence-electron chi connectivity index (χ0n) is 23.9. The summed E-state index contributed by atoms with van der Waals surface area (Å²) in [7, 11) is 2.14. The molecule has 2 saturated heterocycles. The Morgan fingerprint density at radius 2 is 1.78 bits per heavy atom. The molecule has 3 aliphatic rings. The normalized spacial score (nSPS) is 33.7. The first-order chi connectivity index (χ1) is 17.2. The molecule has 37 heavy (non-hydrogen) atoms. The summed E-state index contributed by atoms with van der Waals surface area (Å²) in [5.41, 5.74) is -0.480. The molecule has 7 atom stereocenters. The van der Waals surface area contributed by atoms with E-state index >= 15 is 0 Å². The second-order valence-electron chi connectivity index (χ2n) is 12.9. The van der Waals surface area contributed by atoms with E-state index in [0.29, 0.717) is 32.0 Å². The maximum Gasteiger partial charge on any atom is 0.410 e. The van der Waals surface area contributed by atoms with Crippen LogP contribution in [0.25, 0.3) is 0 Å². The highest BCUT2D eigenvalue weighted by molar-refractivity contribution is 6.20. The largest absolute Gasteiger partial charge is 0.444 e. The lowest BCUT2D eigenvalue weighted by molar-refractivity contribution is -0.131. The Morgan fingerprint density at radius 1 is 1.14 bits per heavy atom. The Morgan fingerprint density at radius 3 is 2.38 bits per heavy atom. The molecule has 2 heterocycles. The van der Waals surface area contributed by atoms with Crippen molar-refractivity contribution < 1.29 is 19.1 Å². The SMILES string of the molecule is CC1CC(C)C(CNC(=O)C2CC(Cl)CC(N(C)CC3CCN(C(=O)OC(C)(C)C)CC3)C2C)C(=O)N1. The highest BCUT2D eigenvalue weighted by atomic mass is 35.5. The first-order valence-electron chi connectivity index (χ1n) is 14.2. The average Bonchev–Trinajstić information content (AvgIpc) is 2.78. The molecule has 0 radical (unpaired) electrons. The summed E-state index contributed by atoms with van der Waals surface area (Å²) in [6, 6.07) is 0.402. The van der Waals surface area contributed by atoms with Gasteiger partial charge in [-0.25, -0.2) is 4.79 Å². The minimum Gasteiger partial charge on any atom is -0.444 e. The van der Waals surface area contributed by atoms with Gasteiger partial charge < -0.3 is 25.2 Å². The number of rotatable bonds is 6. The van der Waals surface area contributed by atoms with Crippen molar-refractivity contribution in [1.29, 1.82) is 0 Å². The number of ether oxygens (including phenoxy) is 1. The summed E-state index contributed by atoms with van der Waals surface area (Å²) in [6.07, 6.45) is 4.11. The van der Waals surface area contributed by atoms with E-state index in [0.717, 1.165) is 32.2 Å². The molecule has 2 aliphatic heterocycles. The lowest BCUT2D eigenvalue weighted by Gasteiger charge is -2.44. The van der Waals surface area contributed by atoms with Crippen LogP contribution in [0.3, 0.4) is 0 Å². The van der Waals surface area contributed by atoms with E-state index in [2.05, 4.69) is 36.4 Å². The molecule has 0 aromatic carbocycles. The van der Waals surface area contributed by atoms with Gasteiger partial charge in [0.1, 0.15) is 5.60 Å². The first kappa shape index (κ1) is 30.0. The minimum atomic E-state index is -0.480. The zero-order chi connectivity index (χ0) is 27.5. The van der Waals surface area contributed by atoms with Crippen LogP contribution < -0.4 is 10.6 Å². The van der Waals surface area contributed by atoms with Crippen LogP contribution in [-0.2, 0) is 14.3 Å². The van der Waals surface area contributed by atoms with Gasteiger partial charge in [0.2, 0.25) is 11.8 Å². The second-order valence-corrected chi connectivity index (χ2v) is 13.5. The lowest BCUT2D eigenvalue weighted by atomic mass is 9.75. The van der Waals surface area contributed by atoms with Crippen LogP contribution in [-0.4, -0.2) is 84.0 Å². The molecule has 8 nitrogen and oxygen atoms in total. The second kappa shape index (κ2) is 12.5. The van der Waals surface area contributed by atoms with Gasteiger partial charge in [0, 0.05) is 49.6 Å². The highest BCUT2D eigenvalue weighted by Gasteiger charge is 2.41. The zero-order valence-corrected chi connectivity index (χ0v) is 24.6. The van der Waals surface area contributed by atoms with Crippen molar-refractivity contribution in [2.24, 2.45) is 29.6 Å². The third kappa shape index (κ3) is 8.22. The predicted octanol–water partition coefficient (Wildman–Crippen LogP) is 3.86. The standard InChI is InChI=1S/C28H49ClN4O4/c1-17-12-18(2)31-26(35)23(17)15-30-25(34)22-13-21(29)14-24(19(22)3)32(7)16-20-8-10-33(11-9-20)27(36)37-28(4,5)6/h17-24H,8-16H2,1-7H3,(H,30,34)(H,31,35). The van der Waals surface area contributed by atoms with Crippen LogP contribution in [0.1, 0.15) is 73.6 Å². The molecule has 2 N–H and O–H groups in total. The van der Waals surface area contributed by atoms with E-state index in [9.17, 15) is 14.4 Å². The van der Waals surface area contributed by atoms with Gasteiger partial charge in [-0.1, -0.05) is 13.8 Å². The Labute approximate surface area is 228 Å². The van der Waals surface area contributed by atoms with Crippen LogP contribution in [0.15, 0.2) is 0 Å². The molecule has 0 spiro atoms. The van der Waals surface area contributed by atoms with Crippen molar-refractivity contribution in [3.05, 3.63) is 0 Å². The van der Waals surface area contributed by atoms with E-state index in [-0.39, 0.29) is 59.0 Å². The maximum atomic E-state index is 13.3. The van der Waals surface area contributed by atoms with Gasteiger partial charge in [-0.15, -0.1) is 11.6 Å². The molecule has 3 amide bonds. The minimum absolute atomic E-state index is 0.0144. The fourth-order valence-corrected chi connectivity index (χ4v) is 6.82. The van der Waals surface area contributed by atoms with Gasteiger partial charge >= 0.3 is 6.09 Å². The number of amides is 3. The Balaban J connectivity index is 1.51. The molecular formula is C28H49ClN4O4. The predicted molar refractivity (Wildman–Crippen MR) is 146 cm³/mol. The lowest BCUT2D eigenvalue weighted by Crippen LogP contribution is -2.53. The molecule has 212 valence electrons. The van der Waals surface area contributed by atoms with E-state index < -0.39 is 5.60 Å². The van der Waals surface area contributed by atoms with Crippen molar-refractivity contribution >= 4 is 29.5 Å². The number of alkyl halides is 1. The van der Waals surface area contributed by atoms with Crippen LogP contribution in [0.5, 0.6) is 0 Å². The van der Waals surface area contributed by atoms with Crippen molar-refractivity contribution in [2.45, 2.75) is 96.7 Å². The fourth-order valence-electron chi connectivity index (χ4n) is 6.45. The van der Waals surface area contributed by atoms with Crippen LogP contribution in [0, 0.1) is 29.6 Å². The van der Waals surface area contributed by atoms with Gasteiger partial charge in [-0.05, 0) is 84.6 Å². The number of piperidine rings is 2. The van der Waals surface area contributed by atoms with Crippen molar-refractivity contribution in [1.82, 2.24) is 20.4 Å². The van der Waals surface area contributed by atoms with E-state index in [1.807, 2.05) is 32.6 Å². The van der Waals surface area contributed by atoms with E-state index in [4.69, 9.17) is 16.3 Å². The quantitative estimate of drug-likeness (QED) is 0.499. The number of halogens is 1. The number of nitrogens with zero attached hydrogens (tertiary/aromatic N) is 2. The van der Waals surface area contributed by atoms with Crippen LogP contribution in [0.4, 0.5) is 4.79 Å². The smallest absolute Gasteiger partial charge is 0.410 e. The highest BCUT2D eigenvalue weighted by Crippen LogP contribution is 2.36. The first-order valence-corrected chi connectivity index (χ1v) is 14.6. The molecule has 9 heteroatoms. The topological polar surface area (TPSA) is 91.0 Å². The molecule has 0 bridgehead atoms. The Bertz CT molecular complexity index is 810. The van der Waals surface area contributed by atoms with Crippen molar-refractivity contribution in [3.63, 3.8) is 0 Å². The monoisotopic (exact) mass is 540 g/mol. The van der Waals surface area contributed by atoms with Gasteiger partial charge in [-0.2, -0.15) is 0 Å². The number of hydrogen-bond acceptors (Lipinski definition) is 5. The molecule has 0 aromatic heterocycles. The Hall–Kier alpha value is -1.54. The van der Waals surface area contributed by atoms with Crippen LogP contribution >= 0.6 is 11.6 Å². The van der Waals surface area contributed by atoms with Crippen molar-refractivity contribution in [2.75, 3.05) is 33.2 Å². The summed E-state index contributed by atoms with van der Waals surface area (Å²) in [5.74, 6) is 0.602. The number of carbonyl (C=O) groups is 3. The molecule has 1 aliphatic carbocycles. The van der Waals surface area contributed by atoms with Gasteiger partial charge in [0.05, 0.1) is 5.92 Å². The molecule has 3 rings (SSSR count). The Kier molecular flexibility index (Phi) is 10.2. The fraction of sp³-hybridized carbons (Fsp3) is 0.893. The third-order valence-electron chi connectivity index (χ3n) is 8.60. The van der Waals surface area contributed by atoms with Gasteiger partial charge in [0.25, 0.3) is 0 Å². The molecule has 7 unspecified atom stereocenters. The molecule has 1 saturated carbocycles. The number of nitrogens with one attached hydrogen (secondary N) is 2. The van der Waals surface area contributed by atoms with Crippen LogP contribution in [0.2, 0.25) is 0 Å². The van der Waals surface area contributed by atoms with E-state index in [1.165, 1.54) is 0 Å². The number of carbonyl (C=O) groups excluding carboxylic acids is 3. The third-order valence-corrected chi connectivity index (χ3v) is 8.95. The van der Waals surface area contributed by atoms with E-state index in [1.54, 1.807) is 0 Å². The summed E-state index contributed by atoms with van der Waals surface area (Å²) >= 11 is 6.69. The number of likely N-dealkylation sites (tertiary alicyclic amines) is 1. The average molecular weight is 541 g/mol. The molecule has 3 fully saturated rings. The summed E-state index contributed by atoms with van der Waals surface area (Å²) in [4.78, 5) is 42.3. The van der Waals surface area contributed by atoms with Gasteiger partial charge in [-0.3, -0.25) is 9.59 Å². The van der Waals surface area contributed by atoms with Crippen molar-refractivity contribution in [3.8, 4) is 0 Å². The summed E-state index contributed by atoms with van der Waals surface area (Å²) in [6.45, 7) is 14.7. The maximum absolute atomic E-state index is 13.3. The van der Waals surface area contributed by atoms with Gasteiger partial charge in [0.15, 0.2) is 0 Å². The molecule has 0 aromatic rings. The molecular weight excluding hydrogens is 492 g/mol. The summed E-state index contributed by atoms with van der Waals surface area (Å²) in [5, 5.41) is 6.06. The summed E-state index contributed by atoms with van der Waals surface area (Å²) < 4.78 is 5.53.